The van der Waals surface area contributed by atoms with Gasteiger partial charge in [0.05, 0.1) is 18.4 Å². The van der Waals surface area contributed by atoms with Crippen molar-refractivity contribution in [2.24, 2.45) is 5.73 Å². The molecule has 0 atom stereocenters. The number of nitrogens with one attached hydrogen (secondary N) is 2. The highest BCUT2D eigenvalue weighted by atomic mass is 16.5. The van der Waals surface area contributed by atoms with E-state index in [0.717, 1.165) is 5.56 Å². The average molecular weight is 243 g/mol. The molecule has 4 N–H and O–H groups in total. The summed E-state index contributed by atoms with van der Waals surface area (Å²) in [4.78, 5) is 14.4. The Morgan fingerprint density at radius 1 is 1.28 bits per heavy atom. The summed E-state index contributed by atoms with van der Waals surface area (Å²) in [5.41, 5.74) is 6.49. The van der Waals surface area contributed by atoms with Crippen LogP contribution in [0.15, 0.2) is 41.2 Å². The number of pyridine rings is 1. The molecule has 0 saturated carbocycles. The number of hydrogen-bond donors (Lipinski definition) is 3. The van der Waals surface area contributed by atoms with Crippen molar-refractivity contribution in [3.8, 4) is 17.0 Å². The lowest BCUT2D eigenvalue weighted by Crippen LogP contribution is -2.23. The number of nitrogen functional groups attached to an aromatic ring is 1. The maximum atomic E-state index is 11.7. The van der Waals surface area contributed by atoms with E-state index >= 15 is 0 Å². The van der Waals surface area contributed by atoms with E-state index in [1.165, 1.54) is 6.07 Å². The lowest BCUT2D eigenvalue weighted by Gasteiger charge is -2.08. The van der Waals surface area contributed by atoms with Crippen LogP contribution < -0.4 is 16.0 Å². The molecule has 0 spiro atoms. The van der Waals surface area contributed by atoms with Gasteiger partial charge < -0.3 is 15.5 Å². The fourth-order valence-electron chi connectivity index (χ4n) is 1.71. The van der Waals surface area contributed by atoms with E-state index in [4.69, 9.17) is 15.9 Å². The normalized spacial score (nSPS) is 10.1. The number of rotatable bonds is 3. The van der Waals surface area contributed by atoms with Gasteiger partial charge in [0, 0.05) is 5.56 Å². The third-order valence-electron chi connectivity index (χ3n) is 2.60. The second-order valence-corrected chi connectivity index (χ2v) is 3.73. The molecule has 5 nitrogen and oxygen atoms in total. The molecule has 0 bridgehead atoms. The van der Waals surface area contributed by atoms with E-state index in [1.807, 2.05) is 24.3 Å². The summed E-state index contributed by atoms with van der Waals surface area (Å²) < 4.78 is 5.23. The molecule has 2 aromatic rings. The number of benzene rings is 1. The van der Waals surface area contributed by atoms with Gasteiger partial charge in [-0.25, -0.2) is 0 Å². The molecular formula is C13H13N3O2. The Morgan fingerprint density at radius 3 is 2.61 bits per heavy atom. The van der Waals surface area contributed by atoms with Crippen LogP contribution in [0.3, 0.4) is 0 Å². The van der Waals surface area contributed by atoms with Crippen LogP contribution in [0.5, 0.6) is 5.75 Å². The molecule has 0 aliphatic heterocycles. The fraction of sp³-hybridized carbons (Fsp3) is 0.0769. The van der Waals surface area contributed by atoms with Crippen LogP contribution in [-0.2, 0) is 0 Å². The molecule has 0 saturated heterocycles. The van der Waals surface area contributed by atoms with Crippen molar-refractivity contribution in [2.45, 2.75) is 0 Å². The van der Waals surface area contributed by atoms with Crippen LogP contribution >= 0.6 is 0 Å². The van der Waals surface area contributed by atoms with Gasteiger partial charge >= 0.3 is 0 Å². The lowest BCUT2D eigenvalue weighted by atomic mass is 10.1. The number of nitrogens with two attached hydrogens (primary N) is 1. The number of hydrogen-bond acceptors (Lipinski definition) is 3. The molecular weight excluding hydrogens is 230 g/mol. The number of para-hydroxylation sites is 1. The van der Waals surface area contributed by atoms with Gasteiger partial charge in [-0.1, -0.05) is 12.1 Å². The Morgan fingerprint density at radius 2 is 2.00 bits per heavy atom. The van der Waals surface area contributed by atoms with Gasteiger partial charge in [-0.15, -0.1) is 0 Å². The van der Waals surface area contributed by atoms with Crippen LogP contribution in [-0.4, -0.2) is 17.9 Å². The quantitative estimate of drug-likeness (QED) is 0.561. The highest BCUT2D eigenvalue weighted by molar-refractivity contribution is 5.94. The maximum absolute atomic E-state index is 11.7. The van der Waals surface area contributed by atoms with Crippen molar-refractivity contribution < 1.29 is 4.74 Å². The van der Waals surface area contributed by atoms with E-state index < -0.39 is 0 Å². The standard InChI is InChI=1S/C13H13N3O2/c1-18-11-5-3-2-4-8(11)10-7-6-9(12(14)15)13(17)16-10/h2-7H,1H3,(H3,14,15)(H,16,17). The highest BCUT2D eigenvalue weighted by Gasteiger charge is 2.08. The lowest BCUT2D eigenvalue weighted by molar-refractivity contribution is 0.416. The summed E-state index contributed by atoms with van der Waals surface area (Å²) >= 11 is 0. The summed E-state index contributed by atoms with van der Waals surface area (Å²) in [5, 5.41) is 7.26. The van der Waals surface area contributed by atoms with E-state index in [1.54, 1.807) is 13.2 Å². The third kappa shape index (κ3) is 2.10. The molecule has 1 aromatic heterocycles. The molecule has 5 heteroatoms. The minimum Gasteiger partial charge on any atom is -0.496 e. The predicted molar refractivity (Wildman–Crippen MR) is 70.1 cm³/mol. The van der Waals surface area contributed by atoms with Crippen LogP contribution in [0, 0.1) is 5.41 Å². The molecule has 0 unspecified atom stereocenters. The Bertz CT molecular complexity index is 647. The summed E-state index contributed by atoms with van der Waals surface area (Å²) in [6, 6.07) is 10.6. The van der Waals surface area contributed by atoms with Crippen molar-refractivity contribution in [3.05, 3.63) is 52.3 Å². The molecule has 0 fully saturated rings. The van der Waals surface area contributed by atoms with Gasteiger partial charge in [-0.3, -0.25) is 10.2 Å². The number of aromatic nitrogens is 1. The van der Waals surface area contributed by atoms with E-state index in [2.05, 4.69) is 4.98 Å². The van der Waals surface area contributed by atoms with Gasteiger partial charge in [-0.2, -0.15) is 0 Å². The maximum Gasteiger partial charge on any atom is 0.259 e. The molecule has 0 amide bonds. The predicted octanol–water partition coefficient (Wildman–Crippen LogP) is 1.33. The highest BCUT2D eigenvalue weighted by Crippen LogP contribution is 2.27. The summed E-state index contributed by atoms with van der Waals surface area (Å²) in [6.45, 7) is 0. The number of methoxy groups -OCH3 is 1. The Labute approximate surface area is 104 Å². The molecule has 0 aliphatic carbocycles. The van der Waals surface area contributed by atoms with Gasteiger partial charge in [-0.05, 0) is 24.3 Å². The molecule has 0 aliphatic rings. The number of aromatic amines is 1. The molecule has 0 radical (unpaired) electrons. The minimum atomic E-state index is -0.383. The zero-order valence-corrected chi connectivity index (χ0v) is 9.86. The SMILES string of the molecule is COc1ccccc1-c1ccc(C(=N)N)c(=O)[nH]1. The van der Waals surface area contributed by atoms with Crippen molar-refractivity contribution in [1.29, 1.82) is 5.41 Å². The van der Waals surface area contributed by atoms with Crippen LogP contribution in [0.4, 0.5) is 0 Å². The number of ether oxygens (including phenoxy) is 1. The Balaban J connectivity index is 2.56. The van der Waals surface area contributed by atoms with E-state index in [0.29, 0.717) is 11.4 Å². The first kappa shape index (κ1) is 11.9. The van der Waals surface area contributed by atoms with Gasteiger partial charge in [0.25, 0.3) is 5.56 Å². The van der Waals surface area contributed by atoms with E-state index in [-0.39, 0.29) is 17.0 Å². The average Bonchev–Trinajstić information content (AvgIpc) is 2.38. The van der Waals surface area contributed by atoms with Gasteiger partial charge in [0.1, 0.15) is 11.6 Å². The summed E-state index contributed by atoms with van der Waals surface area (Å²) in [7, 11) is 1.57. The van der Waals surface area contributed by atoms with Crippen molar-refractivity contribution >= 4 is 5.84 Å². The molecule has 92 valence electrons. The van der Waals surface area contributed by atoms with Crippen LogP contribution in [0.25, 0.3) is 11.3 Å². The van der Waals surface area contributed by atoms with E-state index in [9.17, 15) is 4.79 Å². The van der Waals surface area contributed by atoms with Crippen molar-refractivity contribution in [1.82, 2.24) is 4.98 Å². The van der Waals surface area contributed by atoms with Gasteiger partial charge in [0.15, 0.2) is 0 Å². The fourth-order valence-corrected chi connectivity index (χ4v) is 1.71. The first-order valence-electron chi connectivity index (χ1n) is 5.34. The van der Waals surface area contributed by atoms with Crippen LogP contribution in [0.1, 0.15) is 5.56 Å². The topological polar surface area (TPSA) is 92.0 Å². The number of amidine groups is 1. The Hall–Kier alpha value is -2.56. The molecule has 18 heavy (non-hydrogen) atoms. The summed E-state index contributed by atoms with van der Waals surface area (Å²) in [5.74, 6) is 0.423. The zero-order chi connectivity index (χ0) is 13.1. The van der Waals surface area contributed by atoms with Gasteiger partial charge in [0.2, 0.25) is 0 Å². The zero-order valence-electron chi connectivity index (χ0n) is 9.86. The first-order chi connectivity index (χ1) is 8.63. The minimum absolute atomic E-state index is 0.161. The Kier molecular flexibility index (Phi) is 3.14. The molecule has 1 heterocycles. The van der Waals surface area contributed by atoms with Crippen molar-refractivity contribution in [2.75, 3.05) is 7.11 Å². The second-order valence-electron chi connectivity index (χ2n) is 3.73. The largest absolute Gasteiger partial charge is 0.496 e. The smallest absolute Gasteiger partial charge is 0.259 e. The molecule has 2 rings (SSSR count). The second kappa shape index (κ2) is 4.75. The number of H-pyrrole nitrogens is 1. The molecule has 1 aromatic carbocycles. The third-order valence-corrected chi connectivity index (χ3v) is 2.60. The van der Waals surface area contributed by atoms with Crippen molar-refractivity contribution in [3.63, 3.8) is 0 Å². The summed E-state index contributed by atoms with van der Waals surface area (Å²) in [6.07, 6.45) is 0. The van der Waals surface area contributed by atoms with Crippen LogP contribution in [0.2, 0.25) is 0 Å². The first-order valence-corrected chi connectivity index (χ1v) is 5.34. The monoisotopic (exact) mass is 243 g/mol.